The fraction of sp³-hybridized carbons (Fsp3) is 0.286. The number of benzene rings is 1. The van der Waals surface area contributed by atoms with E-state index in [0.717, 1.165) is 34.9 Å². The smallest absolute Gasteiger partial charge is 0.319 e. The Morgan fingerprint density at radius 1 is 1.15 bits per heavy atom. The van der Waals surface area contributed by atoms with E-state index in [1.807, 2.05) is 49.6 Å². The molecule has 1 aliphatic carbocycles. The molecule has 2 amide bonds. The van der Waals surface area contributed by atoms with Gasteiger partial charge in [0.15, 0.2) is 0 Å². The number of nitrogens with zero attached hydrogens (tertiary/aromatic N) is 2. The minimum Gasteiger partial charge on any atom is -0.336 e. The van der Waals surface area contributed by atoms with E-state index in [9.17, 15) is 4.79 Å². The van der Waals surface area contributed by atoms with Crippen molar-refractivity contribution in [3.8, 4) is 11.1 Å². The van der Waals surface area contributed by atoms with Crippen LogP contribution < -0.4 is 16.0 Å². The molecule has 27 heavy (non-hydrogen) atoms. The molecule has 0 saturated heterocycles. The van der Waals surface area contributed by atoms with Gasteiger partial charge in [0, 0.05) is 41.6 Å². The van der Waals surface area contributed by atoms with E-state index >= 15 is 0 Å². The van der Waals surface area contributed by atoms with Gasteiger partial charge in [-0.1, -0.05) is 18.2 Å². The minimum atomic E-state index is -0.211. The normalized spacial score (nSPS) is 15.1. The average Bonchev–Trinajstić information content (AvgIpc) is 2.68. The number of carbonyl (C=O) groups excluding carboxylic acids is 1. The number of likely N-dealkylation sites (N-methyl/N-ethyl adjacent to an activating group) is 1. The summed E-state index contributed by atoms with van der Waals surface area (Å²) in [5.41, 5.74) is 3.57. The largest absolute Gasteiger partial charge is 0.336 e. The lowest BCUT2D eigenvalue weighted by atomic mass is 9.77. The maximum Gasteiger partial charge on any atom is 0.319 e. The second-order valence-electron chi connectivity index (χ2n) is 6.99. The minimum absolute atomic E-state index is 0.0435. The first kappa shape index (κ1) is 17.4. The van der Waals surface area contributed by atoms with Crippen LogP contribution in [0.2, 0.25) is 0 Å². The van der Waals surface area contributed by atoms with Crippen molar-refractivity contribution in [3.05, 3.63) is 55.0 Å². The van der Waals surface area contributed by atoms with Crippen molar-refractivity contribution < 1.29 is 4.79 Å². The lowest BCUT2D eigenvalue weighted by molar-refractivity contribution is 0.191. The molecule has 0 aliphatic heterocycles. The van der Waals surface area contributed by atoms with Crippen molar-refractivity contribution in [2.45, 2.75) is 24.8 Å². The molecule has 0 unspecified atom stereocenters. The number of urea groups is 1. The fourth-order valence-corrected chi connectivity index (χ4v) is 3.58. The molecule has 3 aromatic rings. The Kier molecular flexibility index (Phi) is 4.73. The van der Waals surface area contributed by atoms with Gasteiger partial charge in [0.05, 0.1) is 11.2 Å². The quantitative estimate of drug-likeness (QED) is 0.649. The lowest BCUT2D eigenvalue weighted by Gasteiger charge is -2.41. The van der Waals surface area contributed by atoms with Gasteiger partial charge >= 0.3 is 6.03 Å². The van der Waals surface area contributed by atoms with Crippen LogP contribution in [0.15, 0.2) is 55.0 Å². The van der Waals surface area contributed by atoms with Crippen molar-refractivity contribution in [3.63, 3.8) is 0 Å². The second-order valence-corrected chi connectivity index (χ2v) is 6.99. The highest BCUT2D eigenvalue weighted by atomic mass is 16.2. The van der Waals surface area contributed by atoms with Crippen molar-refractivity contribution in [2.24, 2.45) is 0 Å². The number of hydrogen-bond acceptors (Lipinski definition) is 4. The summed E-state index contributed by atoms with van der Waals surface area (Å²) in [5.74, 6) is 0. The first-order valence-electron chi connectivity index (χ1n) is 9.23. The summed E-state index contributed by atoms with van der Waals surface area (Å²) in [5, 5.41) is 10.2. The Morgan fingerprint density at radius 2 is 2.00 bits per heavy atom. The van der Waals surface area contributed by atoms with Crippen LogP contribution in [0.3, 0.4) is 0 Å². The van der Waals surface area contributed by atoms with Crippen molar-refractivity contribution in [1.82, 2.24) is 20.6 Å². The molecule has 0 bridgehead atoms. The van der Waals surface area contributed by atoms with E-state index in [1.165, 1.54) is 6.42 Å². The molecule has 6 heteroatoms. The van der Waals surface area contributed by atoms with E-state index in [4.69, 9.17) is 0 Å². The van der Waals surface area contributed by atoms with Crippen LogP contribution in [0, 0.1) is 0 Å². The Balaban J connectivity index is 1.57. The van der Waals surface area contributed by atoms with Crippen LogP contribution in [0.4, 0.5) is 10.5 Å². The Hall–Kier alpha value is -2.99. The highest BCUT2D eigenvalue weighted by Gasteiger charge is 2.35. The van der Waals surface area contributed by atoms with Gasteiger partial charge in [0.2, 0.25) is 0 Å². The van der Waals surface area contributed by atoms with E-state index in [0.29, 0.717) is 12.2 Å². The van der Waals surface area contributed by atoms with Gasteiger partial charge in [0.1, 0.15) is 0 Å². The number of nitrogens with one attached hydrogen (secondary N) is 3. The van der Waals surface area contributed by atoms with E-state index in [1.54, 1.807) is 12.4 Å². The van der Waals surface area contributed by atoms with E-state index in [2.05, 4.69) is 25.9 Å². The molecule has 1 fully saturated rings. The number of fused-ring (bicyclic) bond motifs is 1. The molecule has 1 saturated carbocycles. The van der Waals surface area contributed by atoms with E-state index < -0.39 is 0 Å². The van der Waals surface area contributed by atoms with Crippen LogP contribution in [0.25, 0.3) is 22.0 Å². The van der Waals surface area contributed by atoms with Gasteiger partial charge in [-0.05, 0) is 50.1 Å². The zero-order chi connectivity index (χ0) is 18.7. The third kappa shape index (κ3) is 3.48. The summed E-state index contributed by atoms with van der Waals surface area (Å²) >= 11 is 0. The number of rotatable bonds is 5. The number of amides is 2. The van der Waals surface area contributed by atoms with Gasteiger partial charge in [-0.25, -0.2) is 4.79 Å². The van der Waals surface area contributed by atoms with Gasteiger partial charge in [-0.2, -0.15) is 0 Å². The molecular formula is C21H23N5O. The van der Waals surface area contributed by atoms with Crippen LogP contribution >= 0.6 is 0 Å². The predicted octanol–water partition coefficient (Wildman–Crippen LogP) is 3.56. The van der Waals surface area contributed by atoms with Crippen LogP contribution in [0.1, 0.15) is 19.3 Å². The molecule has 3 N–H and O–H groups in total. The molecular weight excluding hydrogens is 338 g/mol. The lowest BCUT2D eigenvalue weighted by Crippen LogP contribution is -2.57. The second kappa shape index (κ2) is 7.32. The third-order valence-electron chi connectivity index (χ3n) is 5.42. The topological polar surface area (TPSA) is 78.9 Å². The zero-order valence-electron chi connectivity index (χ0n) is 15.3. The molecule has 4 rings (SSSR count). The van der Waals surface area contributed by atoms with Gasteiger partial charge in [-0.3, -0.25) is 9.97 Å². The monoisotopic (exact) mass is 361 g/mol. The Labute approximate surface area is 158 Å². The molecule has 1 aromatic carbocycles. The van der Waals surface area contributed by atoms with Gasteiger partial charge < -0.3 is 16.0 Å². The molecule has 2 heterocycles. The molecule has 2 aromatic heterocycles. The Morgan fingerprint density at radius 3 is 2.70 bits per heavy atom. The molecule has 0 spiro atoms. The highest BCUT2D eigenvalue weighted by Crippen LogP contribution is 2.32. The van der Waals surface area contributed by atoms with Crippen molar-refractivity contribution in [2.75, 3.05) is 18.9 Å². The first-order valence-corrected chi connectivity index (χ1v) is 9.23. The summed E-state index contributed by atoms with van der Waals surface area (Å²) in [4.78, 5) is 21.1. The number of hydrogen-bond donors (Lipinski definition) is 3. The summed E-state index contributed by atoms with van der Waals surface area (Å²) in [6.45, 7) is 0.620. The molecule has 6 nitrogen and oxygen atoms in total. The molecule has 1 aliphatic rings. The predicted molar refractivity (Wildman–Crippen MR) is 108 cm³/mol. The van der Waals surface area contributed by atoms with Crippen LogP contribution in [0.5, 0.6) is 0 Å². The molecule has 138 valence electrons. The standard InChI is InChI=1S/C21H23N5O/c1-22-21(9-4-10-21)14-25-20(27)26-18-8-7-16(15-5-2-11-23-13-15)17-6-3-12-24-19(17)18/h2-3,5-8,11-13,22H,4,9-10,14H2,1H3,(H2,25,26,27). The summed E-state index contributed by atoms with van der Waals surface area (Å²) < 4.78 is 0. The maximum absolute atomic E-state index is 12.4. The number of carbonyl (C=O) groups is 1. The van der Waals surface area contributed by atoms with E-state index in [-0.39, 0.29) is 11.6 Å². The van der Waals surface area contributed by atoms with Crippen LogP contribution in [-0.4, -0.2) is 35.1 Å². The first-order chi connectivity index (χ1) is 13.2. The fourth-order valence-electron chi connectivity index (χ4n) is 3.58. The van der Waals surface area contributed by atoms with Gasteiger partial charge in [0.25, 0.3) is 0 Å². The number of anilines is 1. The highest BCUT2D eigenvalue weighted by molar-refractivity contribution is 6.05. The summed E-state index contributed by atoms with van der Waals surface area (Å²) in [6.07, 6.45) is 8.71. The van der Waals surface area contributed by atoms with Crippen LogP contribution in [-0.2, 0) is 0 Å². The van der Waals surface area contributed by atoms with Crippen molar-refractivity contribution >= 4 is 22.6 Å². The summed E-state index contributed by atoms with van der Waals surface area (Å²) in [6, 6.07) is 11.5. The maximum atomic E-state index is 12.4. The zero-order valence-corrected chi connectivity index (χ0v) is 15.3. The number of aromatic nitrogens is 2. The number of pyridine rings is 2. The Bertz CT molecular complexity index is 948. The molecule has 0 atom stereocenters. The third-order valence-corrected chi connectivity index (χ3v) is 5.42. The van der Waals surface area contributed by atoms with Gasteiger partial charge in [-0.15, -0.1) is 0 Å². The molecule has 0 radical (unpaired) electrons. The van der Waals surface area contributed by atoms with Crippen molar-refractivity contribution in [1.29, 1.82) is 0 Å². The summed E-state index contributed by atoms with van der Waals surface area (Å²) in [7, 11) is 1.95. The SMILES string of the molecule is CNC1(CNC(=O)Nc2ccc(-c3cccnc3)c3cccnc23)CCC1. The average molecular weight is 361 g/mol.